The number of benzene rings is 2. The maximum atomic E-state index is 13.6. The van der Waals surface area contributed by atoms with Crippen molar-refractivity contribution in [2.24, 2.45) is 5.92 Å². The Hall–Kier alpha value is -4.19. The Morgan fingerprint density at radius 2 is 1.79 bits per heavy atom. The molecular weight excluding hydrogens is 459 g/mol. The van der Waals surface area contributed by atoms with Gasteiger partial charge in [-0.15, -0.1) is 0 Å². The summed E-state index contributed by atoms with van der Waals surface area (Å²) in [6.07, 6.45) is -5.34. The highest BCUT2D eigenvalue weighted by atomic mass is 19.4. The Balaban J connectivity index is 1.81. The second-order valence-electron chi connectivity index (χ2n) is 7.56. The number of nitrogens with one attached hydrogen (secondary N) is 2. The minimum atomic E-state index is -5.34. The van der Waals surface area contributed by atoms with Crippen LogP contribution in [0.2, 0.25) is 0 Å². The van der Waals surface area contributed by atoms with E-state index in [0.29, 0.717) is 0 Å². The number of aliphatic hydroxyl groups is 1. The number of carbonyl (C=O) groups excluding carboxylic acids is 2. The van der Waals surface area contributed by atoms with Crippen LogP contribution in [0.5, 0.6) is 0 Å². The minimum absolute atomic E-state index is 0.0490. The number of alkyl halides is 3. The summed E-state index contributed by atoms with van der Waals surface area (Å²) < 4.78 is 46.3. The first-order valence-electron chi connectivity index (χ1n) is 9.83. The van der Waals surface area contributed by atoms with Crippen LogP contribution < -0.4 is 10.6 Å². The van der Waals surface area contributed by atoms with Crippen LogP contribution in [0, 0.1) is 16.0 Å². The van der Waals surface area contributed by atoms with Gasteiger partial charge in [0.05, 0.1) is 4.92 Å². The van der Waals surface area contributed by atoms with E-state index in [4.69, 9.17) is 4.42 Å². The fourth-order valence-electron chi connectivity index (χ4n) is 3.90. The van der Waals surface area contributed by atoms with Crippen molar-refractivity contribution in [1.82, 2.24) is 10.6 Å². The van der Waals surface area contributed by atoms with Gasteiger partial charge in [-0.25, -0.2) is 4.79 Å². The number of halogens is 3. The summed E-state index contributed by atoms with van der Waals surface area (Å²) in [4.78, 5) is 35.3. The number of non-ortho nitro benzene ring substituents is 1. The largest absolute Gasteiger partial charge is 0.459 e. The zero-order valence-electron chi connectivity index (χ0n) is 17.1. The standard InChI is InChI=1S/C22H16F3N3O6/c23-22(24,25)19(29)17-18(26-20(30)27-21(17,31)13-6-2-1-3-7-13)16-10-9-15(34-16)12-5-4-8-14(11-12)28(32)33/h1-11,17-18,31H,(H2,26,27,30)/t17-,18-,21+/m1/s1. The highest BCUT2D eigenvalue weighted by Crippen LogP contribution is 2.43. The van der Waals surface area contributed by atoms with Crippen molar-refractivity contribution in [2.75, 3.05) is 0 Å². The quantitative estimate of drug-likeness (QED) is 0.380. The fourth-order valence-corrected chi connectivity index (χ4v) is 3.90. The van der Waals surface area contributed by atoms with E-state index in [-0.39, 0.29) is 28.3 Å². The summed E-state index contributed by atoms with van der Waals surface area (Å²) in [5, 5.41) is 26.6. The maximum absolute atomic E-state index is 13.6. The molecule has 12 heteroatoms. The van der Waals surface area contributed by atoms with Gasteiger partial charge in [0.25, 0.3) is 5.69 Å². The molecule has 9 nitrogen and oxygen atoms in total. The zero-order chi connectivity index (χ0) is 24.7. The summed E-state index contributed by atoms with van der Waals surface area (Å²) in [5.74, 6) is -4.75. The number of amides is 2. The Morgan fingerprint density at radius 3 is 2.44 bits per heavy atom. The van der Waals surface area contributed by atoms with Crippen molar-refractivity contribution in [2.45, 2.75) is 17.9 Å². The number of hydrogen-bond acceptors (Lipinski definition) is 6. The van der Waals surface area contributed by atoms with Crippen LogP contribution in [-0.4, -0.2) is 28.0 Å². The third kappa shape index (κ3) is 4.10. The number of ketones is 1. The molecule has 2 heterocycles. The normalized spacial score (nSPS) is 22.5. The zero-order valence-corrected chi connectivity index (χ0v) is 17.1. The van der Waals surface area contributed by atoms with Crippen LogP contribution in [0.25, 0.3) is 11.3 Å². The lowest BCUT2D eigenvalue weighted by atomic mass is 9.77. The Morgan fingerprint density at radius 1 is 1.09 bits per heavy atom. The van der Waals surface area contributed by atoms with Crippen LogP contribution in [-0.2, 0) is 10.5 Å². The molecule has 4 rings (SSSR count). The van der Waals surface area contributed by atoms with Gasteiger partial charge in [-0.3, -0.25) is 14.9 Å². The molecule has 0 bridgehead atoms. The summed E-state index contributed by atoms with van der Waals surface area (Å²) in [6.45, 7) is 0. The van der Waals surface area contributed by atoms with Gasteiger partial charge in [-0.1, -0.05) is 42.5 Å². The fraction of sp³-hybridized carbons (Fsp3) is 0.182. The van der Waals surface area contributed by atoms with Gasteiger partial charge >= 0.3 is 12.2 Å². The molecule has 1 aromatic heterocycles. The molecule has 1 fully saturated rings. The van der Waals surface area contributed by atoms with Crippen LogP contribution in [0.4, 0.5) is 23.7 Å². The van der Waals surface area contributed by atoms with E-state index in [0.717, 1.165) is 0 Å². The molecule has 0 saturated carbocycles. The molecule has 1 aliphatic rings. The van der Waals surface area contributed by atoms with Crippen LogP contribution in [0.3, 0.4) is 0 Å². The van der Waals surface area contributed by atoms with E-state index >= 15 is 0 Å². The smallest absolute Gasteiger partial charge is 0.450 e. The average Bonchev–Trinajstić information content (AvgIpc) is 3.28. The molecule has 0 unspecified atom stereocenters. The molecule has 1 aliphatic heterocycles. The molecular formula is C22H16F3N3O6. The van der Waals surface area contributed by atoms with E-state index in [1.54, 1.807) is 6.07 Å². The van der Waals surface area contributed by atoms with Crippen molar-refractivity contribution < 1.29 is 37.2 Å². The van der Waals surface area contributed by atoms with Crippen LogP contribution in [0.1, 0.15) is 17.4 Å². The van der Waals surface area contributed by atoms with E-state index in [1.165, 1.54) is 60.7 Å². The molecule has 176 valence electrons. The molecule has 1 saturated heterocycles. The van der Waals surface area contributed by atoms with Crippen molar-refractivity contribution in [1.29, 1.82) is 0 Å². The van der Waals surface area contributed by atoms with Gasteiger partial charge in [0, 0.05) is 23.3 Å². The molecule has 0 radical (unpaired) electrons. The topological polar surface area (TPSA) is 135 Å². The monoisotopic (exact) mass is 475 g/mol. The third-order valence-electron chi connectivity index (χ3n) is 5.42. The van der Waals surface area contributed by atoms with Crippen LogP contribution >= 0.6 is 0 Å². The second-order valence-corrected chi connectivity index (χ2v) is 7.56. The van der Waals surface area contributed by atoms with Gasteiger partial charge in [0.1, 0.15) is 23.5 Å². The van der Waals surface area contributed by atoms with Gasteiger partial charge < -0.3 is 20.2 Å². The lowest BCUT2D eigenvalue weighted by Crippen LogP contribution is -2.66. The Kier molecular flexibility index (Phi) is 5.61. The summed E-state index contributed by atoms with van der Waals surface area (Å²) >= 11 is 0. The third-order valence-corrected chi connectivity index (χ3v) is 5.42. The first kappa shape index (κ1) is 23.0. The Labute approximate surface area is 189 Å². The van der Waals surface area contributed by atoms with E-state index in [1.807, 2.05) is 5.32 Å². The highest BCUT2D eigenvalue weighted by Gasteiger charge is 2.60. The lowest BCUT2D eigenvalue weighted by Gasteiger charge is -2.44. The number of nitrogens with zero attached hydrogens (tertiary/aromatic N) is 1. The summed E-state index contributed by atoms with van der Waals surface area (Å²) in [5.41, 5.74) is -2.84. The number of hydrogen-bond donors (Lipinski definition) is 3. The first-order chi connectivity index (χ1) is 16.0. The summed E-state index contributed by atoms with van der Waals surface area (Å²) in [6, 6.07) is 12.1. The Bertz CT molecular complexity index is 1260. The number of urea groups is 1. The number of rotatable bonds is 5. The van der Waals surface area contributed by atoms with Crippen molar-refractivity contribution >= 4 is 17.5 Å². The molecule has 2 aromatic carbocycles. The number of nitro groups is 1. The predicted molar refractivity (Wildman–Crippen MR) is 110 cm³/mol. The predicted octanol–water partition coefficient (Wildman–Crippen LogP) is 3.80. The average molecular weight is 475 g/mol. The summed E-state index contributed by atoms with van der Waals surface area (Å²) in [7, 11) is 0. The molecule has 0 aliphatic carbocycles. The maximum Gasteiger partial charge on any atom is 0.450 e. The SMILES string of the molecule is O=C1N[C@H](c2ccc(-c3cccc([N+](=O)[O-])c3)o2)[C@H](C(=O)C(F)(F)F)[C@@](O)(c2ccccc2)N1. The molecule has 3 aromatic rings. The van der Waals surface area contributed by atoms with E-state index in [9.17, 15) is 38.0 Å². The first-order valence-corrected chi connectivity index (χ1v) is 9.83. The van der Waals surface area contributed by atoms with Gasteiger partial charge in [-0.05, 0) is 12.1 Å². The van der Waals surface area contributed by atoms with E-state index in [2.05, 4.69) is 5.32 Å². The van der Waals surface area contributed by atoms with Gasteiger partial charge in [0.2, 0.25) is 5.78 Å². The van der Waals surface area contributed by atoms with Crippen molar-refractivity contribution in [3.63, 3.8) is 0 Å². The second kappa shape index (κ2) is 8.30. The van der Waals surface area contributed by atoms with Gasteiger partial charge in [-0.2, -0.15) is 13.2 Å². The highest BCUT2D eigenvalue weighted by molar-refractivity contribution is 5.91. The van der Waals surface area contributed by atoms with Crippen LogP contribution in [0.15, 0.2) is 71.1 Å². The van der Waals surface area contributed by atoms with Crippen molar-refractivity contribution in [3.8, 4) is 11.3 Å². The lowest BCUT2D eigenvalue weighted by molar-refractivity contribution is -0.384. The van der Waals surface area contributed by atoms with Gasteiger partial charge in [0.15, 0.2) is 5.72 Å². The molecule has 3 atom stereocenters. The molecule has 34 heavy (non-hydrogen) atoms. The molecule has 2 amide bonds. The number of nitro benzene ring substituents is 1. The van der Waals surface area contributed by atoms with Crippen molar-refractivity contribution in [3.05, 3.63) is 88.2 Å². The van der Waals surface area contributed by atoms with E-state index < -0.39 is 40.6 Å². The minimum Gasteiger partial charge on any atom is -0.459 e. The number of carbonyl (C=O) groups is 2. The molecule has 3 N–H and O–H groups in total. The number of furan rings is 1. The number of Topliss-reactive ketones (excluding diaryl/α,β-unsaturated/α-hetero) is 1. The molecule has 0 spiro atoms.